The minimum Gasteiger partial charge on any atom is -0.481 e. The average molecular weight is 224 g/mol. The van der Waals surface area contributed by atoms with Crippen molar-refractivity contribution in [3.05, 3.63) is 0 Å². The van der Waals surface area contributed by atoms with Crippen LogP contribution < -0.4 is 0 Å². The van der Waals surface area contributed by atoms with Crippen molar-refractivity contribution in [2.75, 3.05) is 0 Å². The highest BCUT2D eigenvalue weighted by Crippen LogP contribution is 2.36. The summed E-state index contributed by atoms with van der Waals surface area (Å²) in [7, 11) is 0. The predicted octanol–water partition coefficient (Wildman–Crippen LogP) is 3.22. The molecule has 0 aliphatic heterocycles. The molecular weight excluding hydrogens is 209 g/mol. The van der Waals surface area contributed by atoms with E-state index in [0.717, 1.165) is 19.3 Å². The molecule has 0 saturated heterocycles. The molecule has 0 aromatic heterocycles. The highest BCUT2D eigenvalue weighted by Gasteiger charge is 2.39. The van der Waals surface area contributed by atoms with E-state index in [1.807, 2.05) is 0 Å². The van der Waals surface area contributed by atoms with E-state index in [1.165, 1.54) is 0 Å². The Morgan fingerprint density at radius 2 is 1.80 bits per heavy atom. The molecular formula is C10H15F3O2. The molecule has 0 aromatic rings. The Hall–Kier alpha value is -0.740. The van der Waals surface area contributed by atoms with Gasteiger partial charge in [0.05, 0.1) is 12.3 Å². The summed E-state index contributed by atoms with van der Waals surface area (Å²) >= 11 is 0. The fraction of sp³-hybridized carbons (Fsp3) is 0.900. The fourth-order valence-corrected chi connectivity index (χ4v) is 2.24. The zero-order valence-electron chi connectivity index (χ0n) is 8.39. The van der Waals surface area contributed by atoms with Gasteiger partial charge in [-0.3, -0.25) is 4.79 Å². The van der Waals surface area contributed by atoms with Gasteiger partial charge >= 0.3 is 12.1 Å². The lowest BCUT2D eigenvalue weighted by Crippen LogP contribution is -2.30. The normalized spacial score (nSPS) is 21.3. The van der Waals surface area contributed by atoms with Crippen LogP contribution >= 0.6 is 0 Å². The van der Waals surface area contributed by atoms with Crippen LogP contribution in [0.2, 0.25) is 0 Å². The second kappa shape index (κ2) is 4.86. The van der Waals surface area contributed by atoms with Gasteiger partial charge < -0.3 is 5.11 Å². The number of halogens is 3. The largest absolute Gasteiger partial charge is 0.481 e. The van der Waals surface area contributed by atoms with Crippen molar-refractivity contribution in [1.82, 2.24) is 0 Å². The number of rotatable bonds is 3. The van der Waals surface area contributed by atoms with Crippen LogP contribution in [-0.4, -0.2) is 17.3 Å². The molecule has 0 spiro atoms. The van der Waals surface area contributed by atoms with Crippen molar-refractivity contribution in [2.45, 2.75) is 44.7 Å². The van der Waals surface area contributed by atoms with E-state index >= 15 is 0 Å². The lowest BCUT2D eigenvalue weighted by atomic mass is 9.78. The van der Waals surface area contributed by atoms with Crippen LogP contribution in [0.4, 0.5) is 13.2 Å². The molecule has 0 unspecified atom stereocenters. The van der Waals surface area contributed by atoms with Crippen molar-refractivity contribution in [1.29, 1.82) is 0 Å². The molecule has 2 nitrogen and oxygen atoms in total. The van der Waals surface area contributed by atoms with E-state index in [2.05, 4.69) is 0 Å². The highest BCUT2D eigenvalue weighted by molar-refractivity contribution is 5.70. The van der Waals surface area contributed by atoms with Gasteiger partial charge in [-0.25, -0.2) is 0 Å². The summed E-state index contributed by atoms with van der Waals surface area (Å²) in [5.74, 6) is -2.84. The minimum atomic E-state index is -4.37. The van der Waals surface area contributed by atoms with Crippen LogP contribution in [0, 0.1) is 11.8 Å². The summed E-state index contributed by atoms with van der Waals surface area (Å²) in [6, 6.07) is 0. The number of hydrogen-bond donors (Lipinski definition) is 1. The summed E-state index contributed by atoms with van der Waals surface area (Å²) in [5.41, 5.74) is 0. The maximum Gasteiger partial charge on any atom is 0.389 e. The third kappa shape index (κ3) is 4.10. The first kappa shape index (κ1) is 12.3. The van der Waals surface area contributed by atoms with Gasteiger partial charge in [-0.2, -0.15) is 13.2 Å². The molecule has 1 fully saturated rings. The van der Waals surface area contributed by atoms with Crippen LogP contribution in [0.1, 0.15) is 38.5 Å². The molecule has 1 atom stereocenters. The first-order valence-electron chi connectivity index (χ1n) is 5.19. The molecule has 0 radical (unpaired) electrons. The van der Waals surface area contributed by atoms with E-state index in [0.29, 0.717) is 12.8 Å². The topological polar surface area (TPSA) is 37.3 Å². The smallest absolute Gasteiger partial charge is 0.389 e. The maximum atomic E-state index is 12.2. The number of carbonyl (C=O) groups is 1. The lowest BCUT2D eigenvalue weighted by Gasteiger charge is -2.27. The van der Waals surface area contributed by atoms with Gasteiger partial charge in [0.25, 0.3) is 0 Å². The van der Waals surface area contributed by atoms with Crippen LogP contribution in [0.15, 0.2) is 0 Å². The van der Waals surface area contributed by atoms with Gasteiger partial charge in [-0.1, -0.05) is 19.3 Å². The molecule has 0 aromatic carbocycles. The van der Waals surface area contributed by atoms with Gasteiger partial charge in [0.2, 0.25) is 0 Å². The first-order chi connectivity index (χ1) is 6.90. The molecule has 15 heavy (non-hydrogen) atoms. The quantitative estimate of drug-likeness (QED) is 0.799. The number of alkyl halides is 3. The van der Waals surface area contributed by atoms with Gasteiger partial charge in [0.1, 0.15) is 0 Å². The molecule has 88 valence electrons. The molecule has 1 aliphatic carbocycles. The monoisotopic (exact) mass is 224 g/mol. The van der Waals surface area contributed by atoms with E-state index in [4.69, 9.17) is 5.11 Å². The van der Waals surface area contributed by atoms with Crippen molar-refractivity contribution < 1.29 is 23.1 Å². The minimum absolute atomic E-state index is 0.294. The van der Waals surface area contributed by atoms with E-state index < -0.39 is 24.5 Å². The Labute approximate surface area is 86.5 Å². The Kier molecular flexibility index (Phi) is 3.99. The molecule has 1 saturated carbocycles. The van der Waals surface area contributed by atoms with Crippen LogP contribution in [0.3, 0.4) is 0 Å². The molecule has 1 N–H and O–H groups in total. The zero-order chi connectivity index (χ0) is 11.5. The number of carboxylic acids is 1. The van der Waals surface area contributed by atoms with Gasteiger partial charge in [0.15, 0.2) is 0 Å². The van der Waals surface area contributed by atoms with E-state index in [-0.39, 0.29) is 5.92 Å². The summed E-state index contributed by atoms with van der Waals surface area (Å²) in [4.78, 5) is 10.8. The molecule has 0 heterocycles. The number of hydrogen-bond acceptors (Lipinski definition) is 1. The maximum absolute atomic E-state index is 12.2. The zero-order valence-corrected chi connectivity index (χ0v) is 8.39. The molecule has 5 heteroatoms. The van der Waals surface area contributed by atoms with E-state index in [1.54, 1.807) is 0 Å². The summed E-state index contributed by atoms with van der Waals surface area (Å²) in [6.45, 7) is 0. The van der Waals surface area contributed by atoms with Crippen molar-refractivity contribution in [2.24, 2.45) is 11.8 Å². The highest BCUT2D eigenvalue weighted by atomic mass is 19.4. The molecule has 0 amide bonds. The Balaban J connectivity index is 2.60. The van der Waals surface area contributed by atoms with Gasteiger partial charge in [-0.15, -0.1) is 0 Å². The summed E-state index contributed by atoms with van der Waals surface area (Å²) in [5, 5.41) is 8.79. The van der Waals surface area contributed by atoms with Gasteiger partial charge in [-0.05, 0) is 18.8 Å². The second-order valence-corrected chi connectivity index (χ2v) is 4.16. The second-order valence-electron chi connectivity index (χ2n) is 4.16. The van der Waals surface area contributed by atoms with Crippen molar-refractivity contribution in [3.8, 4) is 0 Å². The summed E-state index contributed by atoms with van der Waals surface area (Å²) in [6.07, 6.45) is -1.61. The number of carboxylic acid groups (broad SMARTS) is 1. The first-order valence-corrected chi connectivity index (χ1v) is 5.19. The number of aliphatic carboxylic acids is 1. The Bertz CT molecular complexity index is 219. The van der Waals surface area contributed by atoms with Gasteiger partial charge in [0, 0.05) is 0 Å². The van der Waals surface area contributed by atoms with E-state index in [9.17, 15) is 18.0 Å². The predicted molar refractivity (Wildman–Crippen MR) is 48.4 cm³/mol. The van der Waals surface area contributed by atoms with Crippen LogP contribution in [-0.2, 0) is 4.79 Å². The fourth-order valence-electron chi connectivity index (χ4n) is 2.24. The van der Waals surface area contributed by atoms with Crippen molar-refractivity contribution in [3.63, 3.8) is 0 Å². The van der Waals surface area contributed by atoms with Crippen molar-refractivity contribution >= 4 is 5.97 Å². The van der Waals surface area contributed by atoms with Crippen LogP contribution in [0.25, 0.3) is 0 Å². The Morgan fingerprint density at radius 1 is 1.27 bits per heavy atom. The third-order valence-electron chi connectivity index (χ3n) is 2.99. The van der Waals surface area contributed by atoms with Crippen LogP contribution in [0.5, 0.6) is 0 Å². The third-order valence-corrected chi connectivity index (χ3v) is 2.99. The SMILES string of the molecule is O=C(O)[C@H](CC(F)(F)F)C1CCCCC1. The molecule has 1 rings (SSSR count). The average Bonchev–Trinajstić information content (AvgIpc) is 2.14. The summed E-state index contributed by atoms with van der Waals surface area (Å²) < 4.78 is 36.5. The molecule has 1 aliphatic rings. The standard InChI is InChI=1S/C10H15F3O2/c11-10(12,13)6-8(9(14)15)7-4-2-1-3-5-7/h7-8H,1-6H2,(H,14,15)/t8-/m1/s1. The Morgan fingerprint density at radius 3 is 2.20 bits per heavy atom. The lowest BCUT2D eigenvalue weighted by molar-refractivity contribution is -0.168. The molecule has 0 bridgehead atoms.